The third-order valence-electron chi connectivity index (χ3n) is 1.00. The number of carbonyl (C=O) groups is 1. The first-order valence-corrected chi connectivity index (χ1v) is 3.68. The number of carbonyl (C=O) groups excluding carboxylic acids is 1. The highest BCUT2D eigenvalue weighted by molar-refractivity contribution is 5.82. The maximum absolute atomic E-state index is 10.8. The van der Waals surface area contributed by atoms with Crippen LogP contribution in [0.15, 0.2) is 24.3 Å². The quantitative estimate of drug-likeness (QED) is 0.274. The predicted molar refractivity (Wildman–Crippen MR) is 48.4 cm³/mol. The van der Waals surface area contributed by atoms with Gasteiger partial charge in [0.1, 0.15) is 6.61 Å². The fraction of sp³-hybridized carbons (Fsp3) is 0.300. The highest BCUT2D eigenvalue weighted by Crippen LogP contribution is 1.82. The molecule has 0 unspecified atom stereocenters. The lowest BCUT2D eigenvalue weighted by atomic mass is 10.5. The van der Waals surface area contributed by atoms with Crippen molar-refractivity contribution in [1.29, 1.82) is 0 Å². The number of hydrogen-bond acceptors (Lipinski definition) is 2. The summed E-state index contributed by atoms with van der Waals surface area (Å²) in [6.45, 7) is 3.89. The zero-order chi connectivity index (χ0) is 9.23. The van der Waals surface area contributed by atoms with Crippen molar-refractivity contribution in [3.8, 4) is 11.8 Å². The van der Waals surface area contributed by atoms with E-state index in [1.807, 2.05) is 13.0 Å². The molecule has 0 spiro atoms. The van der Waals surface area contributed by atoms with Gasteiger partial charge in [-0.1, -0.05) is 18.1 Å². The van der Waals surface area contributed by atoms with Gasteiger partial charge < -0.3 is 4.74 Å². The standard InChI is InChI=1S/C10H12O2/c1-3-5-7-8-10(11)12-9-6-4-2/h4,6-8H,9H2,1-2H3. The lowest BCUT2D eigenvalue weighted by molar-refractivity contribution is -0.136. The van der Waals surface area contributed by atoms with Gasteiger partial charge in [0.05, 0.1) is 0 Å². The van der Waals surface area contributed by atoms with Crippen molar-refractivity contribution in [3.63, 3.8) is 0 Å². The summed E-state index contributed by atoms with van der Waals surface area (Å²) in [5.41, 5.74) is 0. The maximum Gasteiger partial charge on any atom is 0.331 e. The molecule has 0 N–H and O–H groups in total. The average molecular weight is 164 g/mol. The van der Waals surface area contributed by atoms with Crippen molar-refractivity contribution in [2.24, 2.45) is 0 Å². The highest BCUT2D eigenvalue weighted by atomic mass is 16.5. The Morgan fingerprint density at radius 2 is 2.33 bits per heavy atom. The molecule has 0 radical (unpaired) electrons. The van der Waals surface area contributed by atoms with Crippen LogP contribution in [0, 0.1) is 11.8 Å². The monoisotopic (exact) mass is 164 g/mol. The largest absolute Gasteiger partial charge is 0.458 e. The minimum Gasteiger partial charge on any atom is -0.458 e. The zero-order valence-electron chi connectivity index (χ0n) is 7.33. The molecule has 2 heteroatoms. The Bertz CT molecular complexity index is 238. The van der Waals surface area contributed by atoms with E-state index in [2.05, 4.69) is 11.8 Å². The molecule has 0 aliphatic heterocycles. The van der Waals surface area contributed by atoms with Crippen LogP contribution in [-0.2, 0) is 9.53 Å². The van der Waals surface area contributed by atoms with E-state index >= 15 is 0 Å². The Balaban J connectivity index is 3.64. The van der Waals surface area contributed by atoms with Crippen molar-refractivity contribution in [1.82, 2.24) is 0 Å². The molecular formula is C10H12O2. The Labute approximate surface area is 72.9 Å². The second kappa shape index (κ2) is 7.62. The molecule has 0 bridgehead atoms. The first kappa shape index (κ1) is 10.5. The van der Waals surface area contributed by atoms with Crippen molar-refractivity contribution >= 4 is 5.97 Å². The molecule has 0 saturated carbocycles. The van der Waals surface area contributed by atoms with Crippen LogP contribution >= 0.6 is 0 Å². The molecule has 0 amide bonds. The van der Waals surface area contributed by atoms with Gasteiger partial charge in [-0.25, -0.2) is 4.79 Å². The van der Waals surface area contributed by atoms with Gasteiger partial charge in [0.2, 0.25) is 0 Å². The second-order valence-corrected chi connectivity index (χ2v) is 1.93. The minimum absolute atomic E-state index is 0.319. The van der Waals surface area contributed by atoms with Crippen LogP contribution in [0.4, 0.5) is 0 Å². The summed E-state index contributed by atoms with van der Waals surface area (Å²) < 4.78 is 4.75. The maximum atomic E-state index is 10.8. The number of esters is 1. The van der Waals surface area contributed by atoms with Gasteiger partial charge in [0.25, 0.3) is 0 Å². The molecule has 0 aliphatic carbocycles. The topological polar surface area (TPSA) is 26.3 Å². The van der Waals surface area contributed by atoms with Crippen LogP contribution in [0.25, 0.3) is 0 Å². The van der Waals surface area contributed by atoms with Crippen LogP contribution < -0.4 is 0 Å². The fourth-order valence-electron chi connectivity index (χ4n) is 0.468. The van der Waals surface area contributed by atoms with E-state index in [0.29, 0.717) is 6.61 Å². The molecule has 0 aliphatic rings. The molecule has 0 atom stereocenters. The van der Waals surface area contributed by atoms with E-state index in [-0.39, 0.29) is 5.97 Å². The number of allylic oxidation sites excluding steroid dienone is 2. The van der Waals surface area contributed by atoms with Crippen molar-refractivity contribution in [3.05, 3.63) is 24.3 Å². The van der Waals surface area contributed by atoms with Gasteiger partial charge in [-0.05, 0) is 19.9 Å². The molecular weight excluding hydrogens is 152 g/mol. The number of rotatable bonds is 3. The first-order chi connectivity index (χ1) is 5.81. The van der Waals surface area contributed by atoms with Gasteiger partial charge in [0.15, 0.2) is 0 Å². The highest BCUT2D eigenvalue weighted by Gasteiger charge is 1.90. The summed E-state index contributed by atoms with van der Waals surface area (Å²) in [4.78, 5) is 10.8. The minimum atomic E-state index is -0.365. The lowest BCUT2D eigenvalue weighted by Gasteiger charge is -1.93. The van der Waals surface area contributed by atoms with E-state index in [9.17, 15) is 4.79 Å². The van der Waals surface area contributed by atoms with Crippen LogP contribution in [0.5, 0.6) is 0 Å². The zero-order valence-corrected chi connectivity index (χ0v) is 7.33. The van der Waals surface area contributed by atoms with Crippen LogP contribution in [0.2, 0.25) is 0 Å². The molecule has 2 nitrogen and oxygen atoms in total. The summed E-state index contributed by atoms with van der Waals surface area (Å²) >= 11 is 0. The molecule has 0 aromatic heterocycles. The van der Waals surface area contributed by atoms with Gasteiger partial charge in [-0.15, -0.1) is 5.92 Å². The smallest absolute Gasteiger partial charge is 0.331 e. The van der Waals surface area contributed by atoms with Crippen molar-refractivity contribution in [2.45, 2.75) is 13.8 Å². The summed E-state index contributed by atoms with van der Waals surface area (Å²) in [7, 11) is 0. The molecule has 0 heterocycles. The third kappa shape index (κ3) is 6.63. The first-order valence-electron chi connectivity index (χ1n) is 3.68. The van der Waals surface area contributed by atoms with E-state index in [1.165, 1.54) is 12.2 Å². The predicted octanol–water partition coefficient (Wildman–Crippen LogP) is 1.69. The molecule has 0 saturated heterocycles. The molecule has 0 fully saturated rings. The molecule has 0 aromatic carbocycles. The molecule has 0 aromatic rings. The van der Waals surface area contributed by atoms with E-state index < -0.39 is 0 Å². The van der Waals surface area contributed by atoms with Gasteiger partial charge in [0, 0.05) is 6.08 Å². The van der Waals surface area contributed by atoms with Crippen molar-refractivity contribution < 1.29 is 9.53 Å². The Hall–Kier alpha value is -1.49. The number of hydrogen-bond donors (Lipinski definition) is 0. The van der Waals surface area contributed by atoms with E-state index in [4.69, 9.17) is 4.74 Å². The second-order valence-electron chi connectivity index (χ2n) is 1.93. The van der Waals surface area contributed by atoms with Gasteiger partial charge in [-0.2, -0.15) is 0 Å². The summed E-state index contributed by atoms with van der Waals surface area (Å²) in [5, 5.41) is 0. The molecule has 0 rings (SSSR count). The lowest BCUT2D eigenvalue weighted by Crippen LogP contribution is -1.99. The van der Waals surface area contributed by atoms with Crippen LogP contribution in [0.3, 0.4) is 0 Å². The number of ether oxygens (including phenoxy) is 1. The van der Waals surface area contributed by atoms with E-state index in [0.717, 1.165) is 0 Å². The summed E-state index contributed by atoms with van der Waals surface area (Å²) in [6, 6.07) is 0. The van der Waals surface area contributed by atoms with Gasteiger partial charge in [-0.3, -0.25) is 0 Å². The van der Waals surface area contributed by atoms with Gasteiger partial charge >= 0.3 is 5.97 Å². The van der Waals surface area contributed by atoms with E-state index in [1.54, 1.807) is 13.0 Å². The molecule has 12 heavy (non-hydrogen) atoms. The SMILES string of the molecule is CC#CC=CC(=O)OCC=CC. The third-order valence-corrected chi connectivity index (χ3v) is 1.00. The Kier molecular flexibility index (Phi) is 6.67. The Morgan fingerprint density at radius 1 is 1.58 bits per heavy atom. The Morgan fingerprint density at radius 3 is 2.92 bits per heavy atom. The normalized spacial score (nSPS) is 9.83. The molecule has 64 valence electrons. The summed E-state index contributed by atoms with van der Waals surface area (Å²) in [6.07, 6.45) is 6.36. The van der Waals surface area contributed by atoms with Crippen LogP contribution in [0.1, 0.15) is 13.8 Å². The van der Waals surface area contributed by atoms with Crippen LogP contribution in [-0.4, -0.2) is 12.6 Å². The van der Waals surface area contributed by atoms with Crippen molar-refractivity contribution in [2.75, 3.05) is 6.61 Å². The average Bonchev–Trinajstić information content (AvgIpc) is 2.06. The fourth-order valence-corrected chi connectivity index (χ4v) is 0.468. The summed E-state index contributed by atoms with van der Waals surface area (Å²) in [5.74, 6) is 4.89.